The molecule has 0 saturated heterocycles. The minimum atomic E-state index is -0.486. The fourth-order valence-electron chi connectivity index (χ4n) is 3.27. The topological polar surface area (TPSA) is 68.5 Å². The lowest BCUT2D eigenvalue weighted by molar-refractivity contribution is -0.143. The van der Waals surface area contributed by atoms with Gasteiger partial charge in [0, 0.05) is 23.4 Å². The smallest absolute Gasteiger partial charge is 0.337 e. The Labute approximate surface area is 135 Å². The molecule has 2 aliphatic rings. The lowest BCUT2D eigenvalue weighted by Crippen LogP contribution is -2.34. The second kappa shape index (κ2) is 6.07. The standard InChI is InChI=1S/C18H21NO4/c1-10(2)23-18(21)15-11(3)19-12-6-4-7-13(20)16(12)17(15)14-8-5-9-22-14/h5,8-10,17,19H,4,6-7H2,1-3H3/t17-/m0/s1. The van der Waals surface area contributed by atoms with Gasteiger partial charge in [0.1, 0.15) is 5.76 Å². The average molecular weight is 315 g/mol. The summed E-state index contributed by atoms with van der Waals surface area (Å²) in [6.45, 7) is 5.46. The van der Waals surface area contributed by atoms with E-state index in [9.17, 15) is 9.59 Å². The minimum Gasteiger partial charge on any atom is -0.468 e. The van der Waals surface area contributed by atoms with Crippen molar-refractivity contribution >= 4 is 11.8 Å². The highest BCUT2D eigenvalue weighted by Crippen LogP contribution is 2.42. The Hall–Kier alpha value is -2.30. The summed E-state index contributed by atoms with van der Waals surface area (Å²) in [5.41, 5.74) is 2.74. The third kappa shape index (κ3) is 2.83. The van der Waals surface area contributed by atoms with Crippen LogP contribution in [0, 0.1) is 0 Å². The van der Waals surface area contributed by atoms with Crippen molar-refractivity contribution in [2.24, 2.45) is 0 Å². The van der Waals surface area contributed by atoms with E-state index >= 15 is 0 Å². The van der Waals surface area contributed by atoms with Gasteiger partial charge < -0.3 is 14.5 Å². The van der Waals surface area contributed by atoms with E-state index in [1.54, 1.807) is 18.4 Å². The van der Waals surface area contributed by atoms with E-state index in [2.05, 4.69) is 5.32 Å². The number of ether oxygens (including phenoxy) is 1. The number of dihydropyridines is 1. The van der Waals surface area contributed by atoms with E-state index in [1.807, 2.05) is 20.8 Å². The van der Waals surface area contributed by atoms with Crippen LogP contribution in [0.1, 0.15) is 51.7 Å². The van der Waals surface area contributed by atoms with Crippen LogP contribution in [0.4, 0.5) is 0 Å². The lowest BCUT2D eigenvalue weighted by Gasteiger charge is -2.33. The predicted molar refractivity (Wildman–Crippen MR) is 84.4 cm³/mol. The fourth-order valence-corrected chi connectivity index (χ4v) is 3.27. The van der Waals surface area contributed by atoms with Gasteiger partial charge in [0.25, 0.3) is 0 Å². The first-order valence-corrected chi connectivity index (χ1v) is 7.97. The molecule has 0 unspecified atom stereocenters. The van der Waals surface area contributed by atoms with Crippen LogP contribution in [0.3, 0.4) is 0 Å². The largest absolute Gasteiger partial charge is 0.468 e. The number of esters is 1. The lowest BCUT2D eigenvalue weighted by atomic mass is 9.77. The van der Waals surface area contributed by atoms with E-state index in [0.717, 1.165) is 24.2 Å². The third-order valence-electron chi connectivity index (χ3n) is 4.17. The number of ketones is 1. The van der Waals surface area contributed by atoms with Crippen molar-refractivity contribution in [3.05, 3.63) is 46.7 Å². The van der Waals surface area contributed by atoms with Crippen molar-refractivity contribution in [3.8, 4) is 0 Å². The molecule has 0 amide bonds. The minimum absolute atomic E-state index is 0.0718. The van der Waals surface area contributed by atoms with Crippen LogP contribution in [0.5, 0.6) is 0 Å². The zero-order chi connectivity index (χ0) is 16.6. The van der Waals surface area contributed by atoms with E-state index in [4.69, 9.17) is 9.15 Å². The highest BCUT2D eigenvalue weighted by molar-refractivity contribution is 6.03. The summed E-state index contributed by atoms with van der Waals surface area (Å²) >= 11 is 0. The first-order chi connectivity index (χ1) is 11.0. The number of allylic oxidation sites excluding steroid dienone is 3. The van der Waals surface area contributed by atoms with Crippen molar-refractivity contribution in [2.45, 2.75) is 52.1 Å². The molecular formula is C18H21NO4. The molecule has 1 atom stereocenters. The number of hydrogen-bond acceptors (Lipinski definition) is 5. The van der Waals surface area contributed by atoms with Crippen LogP contribution >= 0.6 is 0 Å². The van der Waals surface area contributed by atoms with Crippen LogP contribution in [0.2, 0.25) is 0 Å². The quantitative estimate of drug-likeness (QED) is 0.868. The molecule has 0 radical (unpaired) electrons. The first kappa shape index (κ1) is 15.6. The molecule has 1 N–H and O–H groups in total. The maximum atomic E-state index is 12.6. The molecule has 5 heteroatoms. The molecule has 1 aromatic heterocycles. The van der Waals surface area contributed by atoms with E-state index in [0.29, 0.717) is 23.3 Å². The maximum Gasteiger partial charge on any atom is 0.337 e. The van der Waals surface area contributed by atoms with Crippen LogP contribution in [-0.2, 0) is 14.3 Å². The van der Waals surface area contributed by atoms with Gasteiger partial charge in [0.2, 0.25) is 0 Å². The zero-order valence-electron chi connectivity index (χ0n) is 13.6. The van der Waals surface area contributed by atoms with Crippen LogP contribution in [0.25, 0.3) is 0 Å². The molecule has 23 heavy (non-hydrogen) atoms. The van der Waals surface area contributed by atoms with Crippen LogP contribution in [0.15, 0.2) is 45.4 Å². The van der Waals surface area contributed by atoms with Gasteiger partial charge >= 0.3 is 5.97 Å². The predicted octanol–water partition coefficient (Wildman–Crippen LogP) is 3.20. The molecule has 0 aromatic carbocycles. The molecule has 0 spiro atoms. The monoisotopic (exact) mass is 315 g/mol. The van der Waals surface area contributed by atoms with E-state index < -0.39 is 11.9 Å². The molecule has 0 fully saturated rings. The van der Waals surface area contributed by atoms with Gasteiger partial charge in [0.15, 0.2) is 5.78 Å². The van der Waals surface area contributed by atoms with Gasteiger partial charge in [-0.1, -0.05) is 0 Å². The Morgan fingerprint density at radius 3 is 2.83 bits per heavy atom. The molecule has 0 saturated carbocycles. The summed E-state index contributed by atoms with van der Waals surface area (Å²) in [5, 5.41) is 3.24. The molecule has 3 rings (SSSR count). The molecule has 5 nitrogen and oxygen atoms in total. The van der Waals surface area contributed by atoms with Crippen molar-refractivity contribution in [1.82, 2.24) is 5.32 Å². The SMILES string of the molecule is CC1=C(C(=O)OC(C)C)[C@H](c2ccco2)C2=C(CCCC2=O)N1. The Morgan fingerprint density at radius 2 is 2.17 bits per heavy atom. The van der Waals surface area contributed by atoms with Crippen LogP contribution in [-0.4, -0.2) is 17.9 Å². The fraction of sp³-hybridized carbons (Fsp3) is 0.444. The molecule has 122 valence electrons. The van der Waals surface area contributed by atoms with Crippen molar-refractivity contribution < 1.29 is 18.7 Å². The van der Waals surface area contributed by atoms with Gasteiger partial charge in [-0.15, -0.1) is 0 Å². The normalized spacial score (nSPS) is 21.4. The first-order valence-electron chi connectivity index (χ1n) is 7.97. The van der Waals surface area contributed by atoms with E-state index in [-0.39, 0.29) is 11.9 Å². The number of hydrogen-bond donors (Lipinski definition) is 1. The number of Topliss-reactive ketones (excluding diaryl/α,β-unsaturated/α-hetero) is 1. The third-order valence-corrected chi connectivity index (χ3v) is 4.17. The Morgan fingerprint density at radius 1 is 1.39 bits per heavy atom. The van der Waals surface area contributed by atoms with Crippen molar-refractivity contribution in [3.63, 3.8) is 0 Å². The summed E-state index contributed by atoms with van der Waals surface area (Å²) in [5.74, 6) is -0.219. The van der Waals surface area contributed by atoms with Gasteiger partial charge in [-0.3, -0.25) is 4.79 Å². The summed E-state index contributed by atoms with van der Waals surface area (Å²) in [6, 6.07) is 3.57. The Kier molecular flexibility index (Phi) is 4.11. The van der Waals surface area contributed by atoms with Gasteiger partial charge in [0.05, 0.1) is 23.9 Å². The number of nitrogens with one attached hydrogen (secondary N) is 1. The molecule has 1 aliphatic heterocycles. The number of rotatable bonds is 3. The summed E-state index contributed by atoms with van der Waals surface area (Å²) in [7, 11) is 0. The highest BCUT2D eigenvalue weighted by atomic mass is 16.5. The molecule has 1 aromatic rings. The molecule has 1 aliphatic carbocycles. The van der Waals surface area contributed by atoms with Gasteiger partial charge in [-0.25, -0.2) is 4.79 Å². The second-order valence-electron chi connectivity index (χ2n) is 6.24. The average Bonchev–Trinajstić information content (AvgIpc) is 2.99. The van der Waals surface area contributed by atoms with E-state index in [1.165, 1.54) is 0 Å². The Balaban J connectivity index is 2.10. The number of furan rings is 1. The maximum absolute atomic E-state index is 12.6. The van der Waals surface area contributed by atoms with Crippen molar-refractivity contribution in [2.75, 3.05) is 0 Å². The summed E-state index contributed by atoms with van der Waals surface area (Å²) in [6.07, 6.45) is 3.48. The summed E-state index contributed by atoms with van der Waals surface area (Å²) in [4.78, 5) is 25.1. The number of carbonyl (C=O) groups excluding carboxylic acids is 2. The summed E-state index contributed by atoms with van der Waals surface area (Å²) < 4.78 is 10.9. The zero-order valence-corrected chi connectivity index (χ0v) is 13.6. The Bertz CT molecular complexity index is 695. The van der Waals surface area contributed by atoms with Gasteiger partial charge in [-0.2, -0.15) is 0 Å². The molecule has 0 bridgehead atoms. The van der Waals surface area contributed by atoms with Gasteiger partial charge in [-0.05, 0) is 45.7 Å². The van der Waals surface area contributed by atoms with Crippen molar-refractivity contribution in [1.29, 1.82) is 0 Å². The number of carbonyl (C=O) groups is 2. The van der Waals surface area contributed by atoms with Crippen LogP contribution < -0.4 is 5.32 Å². The second-order valence-corrected chi connectivity index (χ2v) is 6.24. The molecule has 2 heterocycles. The highest BCUT2D eigenvalue weighted by Gasteiger charge is 2.40. The molecular weight excluding hydrogens is 294 g/mol.